The fourth-order valence-corrected chi connectivity index (χ4v) is 1.72. The number of hydrogen-bond donors (Lipinski definition) is 0. The minimum atomic E-state index is -0.464. The molecular formula is C16H19NO5. The van der Waals surface area contributed by atoms with Crippen LogP contribution in [0.1, 0.15) is 12.5 Å². The summed E-state index contributed by atoms with van der Waals surface area (Å²) in [6.07, 6.45) is 3.12. The Morgan fingerprint density at radius 3 is 2.18 bits per heavy atom. The van der Waals surface area contributed by atoms with Gasteiger partial charge >= 0.3 is 11.9 Å². The number of benzene rings is 1. The van der Waals surface area contributed by atoms with E-state index in [1.54, 1.807) is 29.2 Å². The first-order valence-corrected chi connectivity index (χ1v) is 6.63. The quantitative estimate of drug-likeness (QED) is 0.560. The van der Waals surface area contributed by atoms with Crippen molar-refractivity contribution < 1.29 is 23.9 Å². The Bertz CT molecular complexity index is 562. The number of anilines is 1. The summed E-state index contributed by atoms with van der Waals surface area (Å²) in [6, 6.07) is 7.12. The third-order valence-electron chi connectivity index (χ3n) is 2.84. The Balaban J connectivity index is 3.02. The second-order valence-electron chi connectivity index (χ2n) is 4.55. The molecule has 0 atom stereocenters. The predicted octanol–water partition coefficient (Wildman–Crippen LogP) is 1.44. The maximum absolute atomic E-state index is 11.5. The van der Waals surface area contributed by atoms with Gasteiger partial charge in [0.25, 0.3) is 0 Å². The van der Waals surface area contributed by atoms with Crippen LogP contribution in [-0.4, -0.2) is 45.0 Å². The molecule has 0 aliphatic heterocycles. The zero-order chi connectivity index (χ0) is 16.5. The molecular weight excluding hydrogens is 286 g/mol. The van der Waals surface area contributed by atoms with Crippen molar-refractivity contribution in [1.29, 1.82) is 0 Å². The molecule has 22 heavy (non-hydrogen) atoms. The van der Waals surface area contributed by atoms with Crippen LogP contribution in [0.4, 0.5) is 5.69 Å². The number of esters is 2. The van der Waals surface area contributed by atoms with Crippen molar-refractivity contribution in [2.45, 2.75) is 6.92 Å². The van der Waals surface area contributed by atoms with Crippen LogP contribution in [0.25, 0.3) is 6.08 Å². The van der Waals surface area contributed by atoms with Gasteiger partial charge in [-0.1, -0.05) is 18.2 Å². The van der Waals surface area contributed by atoms with Gasteiger partial charge in [0.2, 0.25) is 0 Å². The van der Waals surface area contributed by atoms with E-state index >= 15 is 0 Å². The van der Waals surface area contributed by atoms with E-state index in [9.17, 15) is 14.4 Å². The van der Waals surface area contributed by atoms with Gasteiger partial charge in [-0.05, 0) is 30.7 Å². The Morgan fingerprint density at radius 2 is 1.68 bits per heavy atom. The van der Waals surface area contributed by atoms with Crippen molar-refractivity contribution in [2.75, 3.05) is 32.2 Å². The summed E-state index contributed by atoms with van der Waals surface area (Å²) >= 11 is 0. The second-order valence-corrected chi connectivity index (χ2v) is 4.55. The van der Waals surface area contributed by atoms with E-state index in [2.05, 4.69) is 9.47 Å². The number of carbonyl (C=O) groups excluding carboxylic acids is 3. The number of nitrogens with zero attached hydrogens (tertiary/aromatic N) is 1. The van der Waals surface area contributed by atoms with Crippen LogP contribution in [0, 0.1) is 0 Å². The van der Waals surface area contributed by atoms with Gasteiger partial charge in [-0.2, -0.15) is 0 Å². The Labute approximate surface area is 129 Å². The largest absolute Gasteiger partial charge is 0.468 e. The van der Waals surface area contributed by atoms with Crippen molar-refractivity contribution in [3.63, 3.8) is 0 Å². The van der Waals surface area contributed by atoms with Gasteiger partial charge in [-0.15, -0.1) is 0 Å². The van der Waals surface area contributed by atoms with Crippen molar-refractivity contribution >= 4 is 29.5 Å². The van der Waals surface area contributed by atoms with Gasteiger partial charge < -0.3 is 14.4 Å². The molecule has 0 aliphatic rings. The van der Waals surface area contributed by atoms with Gasteiger partial charge in [0, 0.05) is 5.69 Å². The highest BCUT2D eigenvalue weighted by molar-refractivity contribution is 5.91. The molecule has 118 valence electrons. The lowest BCUT2D eigenvalue weighted by Crippen LogP contribution is -2.35. The molecule has 0 fully saturated rings. The third-order valence-corrected chi connectivity index (χ3v) is 2.84. The number of rotatable bonds is 7. The Hall–Kier alpha value is -2.63. The molecule has 0 N–H and O–H groups in total. The van der Waals surface area contributed by atoms with Gasteiger partial charge in [0.1, 0.15) is 13.1 Å². The average molecular weight is 305 g/mol. The number of carbonyl (C=O) groups is 3. The number of ether oxygens (including phenoxy) is 2. The lowest BCUT2D eigenvalue weighted by atomic mass is 10.1. The first kappa shape index (κ1) is 17.4. The molecule has 1 aromatic carbocycles. The summed E-state index contributed by atoms with van der Waals surface area (Å²) in [7, 11) is 2.56. The second kappa shape index (κ2) is 8.61. The topological polar surface area (TPSA) is 72.9 Å². The molecule has 1 rings (SSSR count). The maximum atomic E-state index is 11.5. The molecule has 0 saturated heterocycles. The van der Waals surface area contributed by atoms with E-state index in [1.807, 2.05) is 6.07 Å². The third kappa shape index (κ3) is 5.78. The van der Waals surface area contributed by atoms with E-state index in [1.165, 1.54) is 27.2 Å². The zero-order valence-corrected chi connectivity index (χ0v) is 12.9. The molecule has 1 aromatic rings. The van der Waals surface area contributed by atoms with Gasteiger partial charge in [-0.3, -0.25) is 14.4 Å². The summed E-state index contributed by atoms with van der Waals surface area (Å²) < 4.78 is 9.27. The molecule has 0 spiro atoms. The van der Waals surface area contributed by atoms with Crippen molar-refractivity contribution in [3.8, 4) is 0 Å². The summed E-state index contributed by atoms with van der Waals surface area (Å²) in [6.45, 7) is 1.30. The summed E-state index contributed by atoms with van der Waals surface area (Å²) in [5, 5.41) is 0. The highest BCUT2D eigenvalue weighted by Gasteiger charge is 2.16. The van der Waals surface area contributed by atoms with Crippen LogP contribution in [0.5, 0.6) is 0 Å². The predicted molar refractivity (Wildman–Crippen MR) is 82.4 cm³/mol. The first-order valence-electron chi connectivity index (χ1n) is 6.63. The molecule has 0 aliphatic carbocycles. The normalized spacial score (nSPS) is 10.3. The highest BCUT2D eigenvalue weighted by atomic mass is 16.5. The van der Waals surface area contributed by atoms with E-state index in [0.29, 0.717) is 5.69 Å². The molecule has 0 bridgehead atoms. The average Bonchev–Trinajstić information content (AvgIpc) is 2.52. The fourth-order valence-electron chi connectivity index (χ4n) is 1.72. The van der Waals surface area contributed by atoms with E-state index in [0.717, 1.165) is 5.56 Å². The molecule has 6 nitrogen and oxygen atoms in total. The van der Waals surface area contributed by atoms with Crippen molar-refractivity contribution in [3.05, 3.63) is 35.9 Å². The van der Waals surface area contributed by atoms with Gasteiger partial charge in [0.15, 0.2) is 5.78 Å². The van der Waals surface area contributed by atoms with Crippen LogP contribution in [0.3, 0.4) is 0 Å². The summed E-state index contributed by atoms with van der Waals surface area (Å²) in [5.41, 5.74) is 1.44. The van der Waals surface area contributed by atoms with E-state index in [-0.39, 0.29) is 18.9 Å². The minimum absolute atomic E-state index is 0.0635. The summed E-state index contributed by atoms with van der Waals surface area (Å²) in [5.74, 6) is -0.992. The van der Waals surface area contributed by atoms with E-state index in [4.69, 9.17) is 0 Å². The van der Waals surface area contributed by atoms with Crippen LogP contribution in [-0.2, 0) is 23.9 Å². The number of ketones is 1. The van der Waals surface area contributed by atoms with Gasteiger partial charge in [-0.25, -0.2) is 0 Å². The molecule has 0 aromatic heterocycles. The molecule has 0 heterocycles. The number of methoxy groups -OCH3 is 2. The lowest BCUT2D eigenvalue weighted by Gasteiger charge is -2.22. The Morgan fingerprint density at radius 1 is 1.09 bits per heavy atom. The van der Waals surface area contributed by atoms with Crippen LogP contribution in [0.2, 0.25) is 0 Å². The van der Waals surface area contributed by atoms with Crippen LogP contribution < -0.4 is 4.90 Å². The van der Waals surface area contributed by atoms with Crippen LogP contribution >= 0.6 is 0 Å². The molecule has 0 unspecified atom stereocenters. The SMILES string of the molecule is COC(=O)CN(CC(=O)OC)c1cccc(/C=C/C(C)=O)c1. The van der Waals surface area contributed by atoms with Crippen molar-refractivity contribution in [1.82, 2.24) is 0 Å². The fraction of sp³-hybridized carbons (Fsp3) is 0.312. The summed E-state index contributed by atoms with van der Waals surface area (Å²) in [4.78, 5) is 35.5. The monoisotopic (exact) mass is 305 g/mol. The van der Waals surface area contributed by atoms with Crippen LogP contribution in [0.15, 0.2) is 30.3 Å². The van der Waals surface area contributed by atoms with E-state index < -0.39 is 11.9 Å². The van der Waals surface area contributed by atoms with Crippen molar-refractivity contribution in [2.24, 2.45) is 0 Å². The smallest absolute Gasteiger partial charge is 0.325 e. The maximum Gasteiger partial charge on any atom is 0.325 e. The van der Waals surface area contributed by atoms with Gasteiger partial charge in [0.05, 0.1) is 14.2 Å². The molecule has 6 heteroatoms. The first-order chi connectivity index (χ1) is 10.5. The molecule has 0 radical (unpaired) electrons. The highest BCUT2D eigenvalue weighted by Crippen LogP contribution is 2.17. The Kier molecular flexibility index (Phi) is 6.82. The number of hydrogen-bond acceptors (Lipinski definition) is 6. The zero-order valence-electron chi connectivity index (χ0n) is 12.9. The molecule has 0 saturated carbocycles. The minimum Gasteiger partial charge on any atom is -0.468 e. The number of allylic oxidation sites excluding steroid dienone is 1. The lowest BCUT2D eigenvalue weighted by molar-refractivity contribution is -0.140. The standard InChI is InChI=1S/C16H19NO5/c1-12(18)7-8-13-5-4-6-14(9-13)17(10-15(19)21-2)11-16(20)22-3/h4-9H,10-11H2,1-3H3/b8-7+. The molecule has 0 amide bonds.